The molecule has 0 fully saturated rings. The average molecular weight is 266 g/mol. The maximum Gasteiger partial charge on any atom is 0.305 e. The fraction of sp³-hybridized carbons (Fsp3) is 0.583. The average Bonchev–Trinajstić information content (AvgIpc) is 2.71. The van der Waals surface area contributed by atoms with Gasteiger partial charge in [-0.1, -0.05) is 0 Å². The summed E-state index contributed by atoms with van der Waals surface area (Å²) in [5.74, 6) is -1.50. The summed E-state index contributed by atoms with van der Waals surface area (Å²) in [6, 6.07) is -1.13. The molecule has 19 heavy (non-hydrogen) atoms. The maximum absolute atomic E-state index is 11.8. The van der Waals surface area contributed by atoms with Crippen LogP contribution in [0.25, 0.3) is 0 Å². The number of amides is 1. The number of hydrogen-bond donors (Lipinski definition) is 3. The lowest BCUT2D eigenvalue weighted by Gasteiger charge is -2.24. The summed E-state index contributed by atoms with van der Waals surface area (Å²) in [5.41, 5.74) is 7.67. The van der Waals surface area contributed by atoms with Gasteiger partial charge < -0.3 is 16.2 Å². The number of aryl methyl sites for hydroxylation is 1. The maximum atomic E-state index is 11.8. The molecule has 0 saturated heterocycles. The molecule has 7 nitrogen and oxygen atoms in total. The van der Waals surface area contributed by atoms with Gasteiger partial charge in [0, 0.05) is 18.3 Å². The van der Waals surface area contributed by atoms with Gasteiger partial charge in [-0.3, -0.25) is 14.3 Å². The number of rotatable bonds is 4. The number of carboxylic acid groups (broad SMARTS) is 1. The third-order valence-electron chi connectivity index (χ3n) is 3.42. The second kappa shape index (κ2) is 5.40. The number of nitrogens with zero attached hydrogens (tertiary/aromatic N) is 2. The number of hydrogen-bond acceptors (Lipinski definition) is 4. The highest BCUT2D eigenvalue weighted by atomic mass is 16.4. The molecule has 4 N–H and O–H groups in total. The van der Waals surface area contributed by atoms with Gasteiger partial charge in [0.2, 0.25) is 5.91 Å². The second-order valence-corrected chi connectivity index (χ2v) is 4.83. The smallest absolute Gasteiger partial charge is 0.305 e. The molecule has 2 atom stereocenters. The van der Waals surface area contributed by atoms with Gasteiger partial charge >= 0.3 is 5.97 Å². The van der Waals surface area contributed by atoms with Gasteiger partial charge in [-0.15, -0.1) is 0 Å². The van der Waals surface area contributed by atoms with E-state index in [9.17, 15) is 9.59 Å². The van der Waals surface area contributed by atoms with E-state index >= 15 is 0 Å². The summed E-state index contributed by atoms with van der Waals surface area (Å²) in [6.07, 6.45) is 4.12. The van der Waals surface area contributed by atoms with Crippen molar-refractivity contribution in [2.75, 3.05) is 0 Å². The number of nitrogens with two attached hydrogens (primary N) is 1. The summed E-state index contributed by atoms with van der Waals surface area (Å²) in [7, 11) is 1.87. The van der Waals surface area contributed by atoms with Crippen LogP contribution in [0.3, 0.4) is 0 Å². The van der Waals surface area contributed by atoms with Crippen molar-refractivity contribution in [2.45, 2.75) is 37.8 Å². The normalized spacial score (nSPS) is 19.6. The zero-order chi connectivity index (χ0) is 14.0. The van der Waals surface area contributed by atoms with Crippen molar-refractivity contribution in [3.63, 3.8) is 0 Å². The molecule has 1 aliphatic rings. The molecular weight excluding hydrogens is 248 g/mol. The first-order valence-electron chi connectivity index (χ1n) is 6.27. The van der Waals surface area contributed by atoms with E-state index in [1.165, 1.54) is 0 Å². The van der Waals surface area contributed by atoms with Crippen molar-refractivity contribution in [3.8, 4) is 0 Å². The predicted octanol–water partition coefficient (Wildman–Crippen LogP) is -0.284. The molecule has 1 aromatic rings. The molecular formula is C12H18N4O3. The standard InChI is InChI=1S/C12H18N4O3/c1-16-10-4-2-3-9(7(10)6-14-16)15-12(19)8(13)5-11(17)18/h6,8-9H,2-5,13H2,1H3,(H,15,19)(H,17,18). The van der Waals surface area contributed by atoms with Crippen LogP contribution in [-0.2, 0) is 23.1 Å². The Balaban J connectivity index is 2.04. The van der Waals surface area contributed by atoms with Gasteiger partial charge in [-0.25, -0.2) is 0 Å². The van der Waals surface area contributed by atoms with Gasteiger partial charge in [-0.05, 0) is 19.3 Å². The Hall–Kier alpha value is -1.89. The van der Waals surface area contributed by atoms with E-state index in [1.54, 1.807) is 6.20 Å². The highest BCUT2D eigenvalue weighted by Gasteiger charge is 2.27. The molecule has 2 unspecified atom stereocenters. The monoisotopic (exact) mass is 266 g/mol. The Morgan fingerprint density at radius 3 is 3.11 bits per heavy atom. The van der Waals surface area contributed by atoms with Crippen LogP contribution in [0.4, 0.5) is 0 Å². The Kier molecular flexibility index (Phi) is 3.84. The minimum atomic E-state index is -1.08. The predicted molar refractivity (Wildman–Crippen MR) is 67.3 cm³/mol. The van der Waals surface area contributed by atoms with Gasteiger partial charge in [-0.2, -0.15) is 5.10 Å². The first-order valence-corrected chi connectivity index (χ1v) is 6.27. The fourth-order valence-corrected chi connectivity index (χ4v) is 2.42. The second-order valence-electron chi connectivity index (χ2n) is 4.83. The minimum absolute atomic E-state index is 0.121. The largest absolute Gasteiger partial charge is 0.481 e. The Bertz CT molecular complexity index is 497. The molecule has 1 aliphatic carbocycles. The molecule has 1 heterocycles. The van der Waals surface area contributed by atoms with Crippen molar-refractivity contribution in [1.29, 1.82) is 0 Å². The Morgan fingerprint density at radius 2 is 2.42 bits per heavy atom. The van der Waals surface area contributed by atoms with Crippen molar-refractivity contribution in [2.24, 2.45) is 12.8 Å². The van der Waals surface area contributed by atoms with E-state index in [0.29, 0.717) is 0 Å². The molecule has 0 aliphatic heterocycles. The first kappa shape index (κ1) is 13.5. The SMILES string of the molecule is Cn1ncc2c1CCCC2NC(=O)C(N)CC(=O)O. The summed E-state index contributed by atoms with van der Waals surface area (Å²) >= 11 is 0. The molecule has 0 spiro atoms. The first-order chi connectivity index (χ1) is 8.99. The van der Waals surface area contributed by atoms with E-state index in [4.69, 9.17) is 10.8 Å². The summed E-state index contributed by atoms with van der Waals surface area (Å²) in [5, 5.41) is 15.6. The zero-order valence-electron chi connectivity index (χ0n) is 10.8. The van der Waals surface area contributed by atoms with Crippen LogP contribution in [0, 0.1) is 0 Å². The van der Waals surface area contributed by atoms with Gasteiger partial charge in [0.15, 0.2) is 0 Å². The summed E-state index contributed by atoms with van der Waals surface area (Å²) in [4.78, 5) is 22.4. The Labute approximate surface area is 110 Å². The molecule has 2 rings (SSSR count). The highest BCUT2D eigenvalue weighted by molar-refractivity contribution is 5.86. The lowest BCUT2D eigenvalue weighted by molar-refractivity contribution is -0.139. The molecule has 1 amide bonds. The number of aromatic nitrogens is 2. The number of aliphatic carboxylic acids is 1. The van der Waals surface area contributed by atoms with E-state index in [-0.39, 0.29) is 12.5 Å². The quantitative estimate of drug-likeness (QED) is 0.694. The van der Waals surface area contributed by atoms with Gasteiger partial charge in [0.25, 0.3) is 0 Å². The molecule has 0 bridgehead atoms. The topological polar surface area (TPSA) is 110 Å². The van der Waals surface area contributed by atoms with Crippen LogP contribution in [-0.4, -0.2) is 32.8 Å². The summed E-state index contributed by atoms with van der Waals surface area (Å²) in [6.45, 7) is 0. The molecule has 104 valence electrons. The number of fused-ring (bicyclic) bond motifs is 1. The molecule has 0 saturated carbocycles. The number of carbonyl (C=O) groups is 2. The fourth-order valence-electron chi connectivity index (χ4n) is 2.42. The van der Waals surface area contributed by atoms with Gasteiger partial charge in [0.05, 0.1) is 24.7 Å². The van der Waals surface area contributed by atoms with E-state index in [2.05, 4.69) is 10.4 Å². The summed E-state index contributed by atoms with van der Waals surface area (Å²) < 4.78 is 1.81. The van der Waals surface area contributed by atoms with E-state index in [0.717, 1.165) is 30.5 Å². The Morgan fingerprint density at radius 1 is 1.68 bits per heavy atom. The number of nitrogens with one attached hydrogen (secondary N) is 1. The molecule has 0 radical (unpaired) electrons. The van der Waals surface area contributed by atoms with E-state index in [1.807, 2.05) is 11.7 Å². The van der Waals surface area contributed by atoms with Crippen LogP contribution in [0.2, 0.25) is 0 Å². The third-order valence-corrected chi connectivity index (χ3v) is 3.42. The van der Waals surface area contributed by atoms with Crippen LogP contribution in [0.5, 0.6) is 0 Å². The molecule has 7 heteroatoms. The van der Waals surface area contributed by atoms with E-state index < -0.39 is 17.9 Å². The minimum Gasteiger partial charge on any atom is -0.481 e. The number of carbonyl (C=O) groups excluding carboxylic acids is 1. The lowest BCUT2D eigenvalue weighted by Crippen LogP contribution is -2.44. The molecule has 1 aromatic heterocycles. The zero-order valence-corrected chi connectivity index (χ0v) is 10.8. The molecule has 0 aromatic carbocycles. The van der Waals surface area contributed by atoms with Crippen molar-refractivity contribution in [1.82, 2.24) is 15.1 Å². The lowest BCUT2D eigenvalue weighted by atomic mass is 9.92. The van der Waals surface area contributed by atoms with Crippen molar-refractivity contribution in [3.05, 3.63) is 17.5 Å². The van der Waals surface area contributed by atoms with Crippen LogP contribution >= 0.6 is 0 Å². The van der Waals surface area contributed by atoms with Crippen LogP contribution in [0.1, 0.15) is 36.6 Å². The van der Waals surface area contributed by atoms with Gasteiger partial charge in [0.1, 0.15) is 0 Å². The van der Waals surface area contributed by atoms with Crippen LogP contribution < -0.4 is 11.1 Å². The van der Waals surface area contributed by atoms with Crippen molar-refractivity contribution < 1.29 is 14.7 Å². The van der Waals surface area contributed by atoms with Crippen LogP contribution in [0.15, 0.2) is 6.20 Å². The van der Waals surface area contributed by atoms with Crippen molar-refractivity contribution >= 4 is 11.9 Å². The highest BCUT2D eigenvalue weighted by Crippen LogP contribution is 2.29. The third kappa shape index (κ3) is 2.93. The number of carboxylic acids is 1.